The topological polar surface area (TPSA) is 93.2 Å². The van der Waals surface area contributed by atoms with Crippen LogP contribution in [0.4, 0.5) is 0 Å². The standard InChI is InChI=1S/C19H25N5O2/c1-12-5-4-6-14(9-12)18(25)22-13(2)19(26)24-10-15(16(20)11-24)17-21-7-8-23(17)3/h4-9,13,15-16H,10-11,20H2,1-3H3,(H,22,25)/t13?,15-,16-/m1/s1. The van der Waals surface area contributed by atoms with Crippen LogP contribution in [0.25, 0.3) is 0 Å². The van der Waals surface area contributed by atoms with Crippen LogP contribution in [0.5, 0.6) is 0 Å². The van der Waals surface area contributed by atoms with Crippen LogP contribution >= 0.6 is 0 Å². The van der Waals surface area contributed by atoms with Gasteiger partial charge in [-0.2, -0.15) is 0 Å². The fourth-order valence-corrected chi connectivity index (χ4v) is 3.42. The van der Waals surface area contributed by atoms with Crippen LogP contribution in [-0.4, -0.2) is 51.4 Å². The largest absolute Gasteiger partial charge is 0.341 e. The highest BCUT2D eigenvalue weighted by atomic mass is 16.2. The highest BCUT2D eigenvalue weighted by molar-refractivity contribution is 5.97. The lowest BCUT2D eigenvalue weighted by Gasteiger charge is -2.21. The van der Waals surface area contributed by atoms with Gasteiger partial charge < -0.3 is 20.5 Å². The number of nitrogens with zero attached hydrogens (tertiary/aromatic N) is 3. The summed E-state index contributed by atoms with van der Waals surface area (Å²) in [5, 5.41) is 2.78. The van der Waals surface area contributed by atoms with Gasteiger partial charge >= 0.3 is 0 Å². The van der Waals surface area contributed by atoms with Crippen LogP contribution in [0.3, 0.4) is 0 Å². The number of amides is 2. The molecule has 1 aliphatic heterocycles. The molecule has 3 rings (SSSR count). The van der Waals surface area contributed by atoms with E-state index in [-0.39, 0.29) is 23.8 Å². The van der Waals surface area contributed by atoms with Crippen LogP contribution in [-0.2, 0) is 11.8 Å². The number of imidazole rings is 1. The third-order valence-electron chi connectivity index (χ3n) is 4.87. The summed E-state index contributed by atoms with van der Waals surface area (Å²) < 4.78 is 1.93. The van der Waals surface area contributed by atoms with Gasteiger partial charge in [-0.3, -0.25) is 9.59 Å². The van der Waals surface area contributed by atoms with Crippen molar-refractivity contribution in [3.8, 4) is 0 Å². The number of benzene rings is 1. The van der Waals surface area contributed by atoms with E-state index in [1.807, 2.05) is 36.9 Å². The number of rotatable bonds is 4. The van der Waals surface area contributed by atoms with Crippen molar-refractivity contribution in [3.05, 3.63) is 53.6 Å². The first-order chi connectivity index (χ1) is 12.4. The maximum Gasteiger partial charge on any atom is 0.251 e. The van der Waals surface area contributed by atoms with E-state index in [0.717, 1.165) is 11.4 Å². The molecule has 1 aromatic heterocycles. The van der Waals surface area contributed by atoms with Crippen molar-refractivity contribution >= 4 is 11.8 Å². The van der Waals surface area contributed by atoms with E-state index >= 15 is 0 Å². The van der Waals surface area contributed by atoms with E-state index in [9.17, 15) is 9.59 Å². The summed E-state index contributed by atoms with van der Waals surface area (Å²) in [5.74, 6) is 0.500. The number of hydrogen-bond donors (Lipinski definition) is 2. The van der Waals surface area contributed by atoms with E-state index in [2.05, 4.69) is 10.3 Å². The number of aromatic nitrogens is 2. The molecule has 3 N–H and O–H groups in total. The third-order valence-corrected chi connectivity index (χ3v) is 4.87. The Labute approximate surface area is 153 Å². The fourth-order valence-electron chi connectivity index (χ4n) is 3.42. The molecule has 2 aromatic rings. The normalized spacial score (nSPS) is 20.8. The van der Waals surface area contributed by atoms with Crippen molar-refractivity contribution in [1.29, 1.82) is 0 Å². The quantitative estimate of drug-likeness (QED) is 0.848. The predicted molar refractivity (Wildman–Crippen MR) is 98.6 cm³/mol. The van der Waals surface area contributed by atoms with Crippen LogP contribution in [0.2, 0.25) is 0 Å². The van der Waals surface area contributed by atoms with Gasteiger partial charge in [0.15, 0.2) is 0 Å². The molecule has 0 saturated carbocycles. The third kappa shape index (κ3) is 3.62. The van der Waals surface area contributed by atoms with Gasteiger partial charge in [0.25, 0.3) is 5.91 Å². The molecule has 1 aromatic carbocycles. The maximum atomic E-state index is 12.8. The Morgan fingerprint density at radius 3 is 2.77 bits per heavy atom. The van der Waals surface area contributed by atoms with Gasteiger partial charge in [0.2, 0.25) is 5.91 Å². The fraction of sp³-hybridized carbons (Fsp3) is 0.421. The molecular weight excluding hydrogens is 330 g/mol. The molecule has 2 heterocycles. The number of carbonyl (C=O) groups is 2. The zero-order valence-corrected chi connectivity index (χ0v) is 15.3. The lowest BCUT2D eigenvalue weighted by atomic mass is 10.0. The summed E-state index contributed by atoms with van der Waals surface area (Å²) in [6.45, 7) is 4.60. The second kappa shape index (κ2) is 7.29. The molecule has 7 nitrogen and oxygen atoms in total. The minimum Gasteiger partial charge on any atom is -0.341 e. The first-order valence-corrected chi connectivity index (χ1v) is 8.76. The summed E-state index contributed by atoms with van der Waals surface area (Å²) >= 11 is 0. The summed E-state index contributed by atoms with van der Waals surface area (Å²) in [4.78, 5) is 31.2. The molecule has 1 saturated heterocycles. The monoisotopic (exact) mass is 355 g/mol. The molecular formula is C19H25N5O2. The first-order valence-electron chi connectivity index (χ1n) is 8.76. The minimum atomic E-state index is -0.615. The molecule has 1 aliphatic rings. The lowest BCUT2D eigenvalue weighted by Crippen LogP contribution is -2.46. The average Bonchev–Trinajstić information content (AvgIpc) is 3.19. The summed E-state index contributed by atoms with van der Waals surface area (Å²) in [5.41, 5.74) is 7.79. The molecule has 3 atom stereocenters. The van der Waals surface area contributed by atoms with Crippen LogP contribution in [0.15, 0.2) is 36.7 Å². The Hall–Kier alpha value is -2.67. The highest BCUT2D eigenvalue weighted by Crippen LogP contribution is 2.25. The number of carbonyl (C=O) groups excluding carboxylic acids is 2. The second-order valence-electron chi connectivity index (χ2n) is 6.97. The van der Waals surface area contributed by atoms with E-state index in [1.165, 1.54) is 0 Å². The SMILES string of the molecule is Cc1cccc(C(=O)NC(C)C(=O)N2C[C@@H](N)[C@H](c3nccn3C)C2)c1. The number of likely N-dealkylation sites (tertiary alicyclic amines) is 1. The molecule has 0 aliphatic carbocycles. The van der Waals surface area contributed by atoms with Crippen LogP contribution < -0.4 is 11.1 Å². The number of hydrogen-bond acceptors (Lipinski definition) is 4. The van der Waals surface area contributed by atoms with Crippen LogP contribution in [0, 0.1) is 6.92 Å². The second-order valence-corrected chi connectivity index (χ2v) is 6.97. The Morgan fingerprint density at radius 1 is 1.35 bits per heavy atom. The summed E-state index contributed by atoms with van der Waals surface area (Å²) in [6, 6.07) is 6.51. The van der Waals surface area contributed by atoms with Crippen molar-refractivity contribution in [3.63, 3.8) is 0 Å². The molecule has 1 unspecified atom stereocenters. The highest BCUT2D eigenvalue weighted by Gasteiger charge is 2.37. The van der Waals surface area contributed by atoms with Gasteiger partial charge in [0, 0.05) is 44.1 Å². The van der Waals surface area contributed by atoms with Crippen molar-refractivity contribution in [2.75, 3.05) is 13.1 Å². The Balaban J connectivity index is 1.64. The van der Waals surface area contributed by atoms with Crippen molar-refractivity contribution in [2.24, 2.45) is 12.8 Å². The van der Waals surface area contributed by atoms with Gasteiger partial charge in [-0.25, -0.2) is 4.98 Å². The van der Waals surface area contributed by atoms with Crippen molar-refractivity contribution < 1.29 is 9.59 Å². The maximum absolute atomic E-state index is 12.8. The van der Waals surface area contributed by atoms with Gasteiger partial charge in [0.05, 0.1) is 5.92 Å². The number of aryl methyl sites for hydroxylation is 2. The van der Waals surface area contributed by atoms with Gasteiger partial charge in [0.1, 0.15) is 11.9 Å². The first kappa shape index (κ1) is 18.1. The Morgan fingerprint density at radius 2 is 2.12 bits per heavy atom. The molecule has 26 heavy (non-hydrogen) atoms. The Bertz CT molecular complexity index is 816. The lowest BCUT2D eigenvalue weighted by molar-refractivity contribution is -0.131. The van der Waals surface area contributed by atoms with E-state index < -0.39 is 6.04 Å². The molecule has 7 heteroatoms. The molecule has 1 fully saturated rings. The van der Waals surface area contributed by atoms with Crippen molar-refractivity contribution in [2.45, 2.75) is 31.8 Å². The molecule has 0 spiro atoms. The number of nitrogens with one attached hydrogen (secondary N) is 1. The summed E-state index contributed by atoms with van der Waals surface area (Å²) in [6.07, 6.45) is 3.61. The van der Waals surface area contributed by atoms with Crippen molar-refractivity contribution in [1.82, 2.24) is 19.8 Å². The van der Waals surface area contributed by atoms with E-state index in [0.29, 0.717) is 18.7 Å². The predicted octanol–water partition coefficient (Wildman–Crippen LogP) is 0.800. The smallest absolute Gasteiger partial charge is 0.251 e. The van der Waals surface area contributed by atoms with Gasteiger partial charge in [-0.1, -0.05) is 17.7 Å². The average molecular weight is 355 g/mol. The minimum absolute atomic E-state index is 0.00127. The molecule has 0 bridgehead atoms. The van der Waals surface area contributed by atoms with E-state index in [4.69, 9.17) is 5.73 Å². The Kier molecular flexibility index (Phi) is 5.08. The molecule has 138 valence electrons. The van der Waals surface area contributed by atoms with Crippen LogP contribution in [0.1, 0.15) is 34.6 Å². The molecule has 2 amide bonds. The zero-order valence-electron chi connectivity index (χ0n) is 15.3. The van der Waals surface area contributed by atoms with E-state index in [1.54, 1.807) is 30.2 Å². The zero-order chi connectivity index (χ0) is 18.8. The molecule has 0 radical (unpaired) electrons. The van der Waals surface area contributed by atoms with Gasteiger partial charge in [-0.05, 0) is 26.0 Å². The number of nitrogens with two attached hydrogens (primary N) is 1. The summed E-state index contributed by atoms with van der Waals surface area (Å²) in [7, 11) is 1.92. The van der Waals surface area contributed by atoms with Gasteiger partial charge in [-0.15, -0.1) is 0 Å².